The molecule has 6 nitrogen and oxygen atoms in total. The molecule has 0 aliphatic heterocycles. The molecule has 33 heavy (non-hydrogen) atoms. The molecule has 0 unspecified atom stereocenters. The number of rotatable bonds is 8. The van der Waals surface area contributed by atoms with Crippen molar-refractivity contribution in [3.8, 4) is 0 Å². The van der Waals surface area contributed by atoms with Crippen LogP contribution in [-0.2, 0) is 17.9 Å². The van der Waals surface area contributed by atoms with E-state index in [1.807, 2.05) is 48.5 Å². The molecule has 0 aliphatic rings. The van der Waals surface area contributed by atoms with Crippen molar-refractivity contribution >= 4 is 34.1 Å². The number of amides is 1. The zero-order valence-electron chi connectivity index (χ0n) is 18.0. The van der Waals surface area contributed by atoms with Crippen LogP contribution >= 0.6 is 11.6 Å². The van der Waals surface area contributed by atoms with E-state index in [2.05, 4.69) is 5.32 Å². The van der Waals surface area contributed by atoms with Crippen molar-refractivity contribution in [1.29, 1.82) is 0 Å². The lowest BCUT2D eigenvalue weighted by molar-refractivity contribution is -0.116. The second-order valence-electron chi connectivity index (χ2n) is 7.84. The maximum Gasteiger partial charge on any atom is 0.331 e. The van der Waals surface area contributed by atoms with Gasteiger partial charge in [0.15, 0.2) is 0 Å². The third-order valence-corrected chi connectivity index (χ3v) is 5.73. The van der Waals surface area contributed by atoms with Gasteiger partial charge in [-0.05, 0) is 54.8 Å². The van der Waals surface area contributed by atoms with Gasteiger partial charge < -0.3 is 5.32 Å². The molecular formula is C26H24ClN3O3. The quantitative estimate of drug-likeness (QED) is 0.387. The minimum atomic E-state index is -0.359. The molecule has 0 saturated carbocycles. The van der Waals surface area contributed by atoms with Crippen molar-refractivity contribution in [2.24, 2.45) is 0 Å². The molecule has 168 valence electrons. The minimum absolute atomic E-state index is 0.0905. The van der Waals surface area contributed by atoms with E-state index in [4.69, 9.17) is 11.6 Å². The van der Waals surface area contributed by atoms with Crippen LogP contribution < -0.4 is 16.6 Å². The molecule has 0 radical (unpaired) electrons. The van der Waals surface area contributed by atoms with Crippen LogP contribution in [0.15, 0.2) is 88.5 Å². The lowest BCUT2D eigenvalue weighted by Crippen LogP contribution is -2.40. The maximum absolute atomic E-state index is 13.3. The summed E-state index contributed by atoms with van der Waals surface area (Å²) in [4.78, 5) is 38.4. The molecule has 0 spiro atoms. The molecule has 3 aromatic carbocycles. The number of halogens is 1. The van der Waals surface area contributed by atoms with Gasteiger partial charge in [0, 0.05) is 23.7 Å². The molecule has 0 aliphatic carbocycles. The van der Waals surface area contributed by atoms with Crippen molar-refractivity contribution in [3.05, 3.63) is 110 Å². The van der Waals surface area contributed by atoms with Crippen LogP contribution in [0.1, 0.15) is 24.8 Å². The van der Waals surface area contributed by atoms with E-state index < -0.39 is 0 Å². The van der Waals surface area contributed by atoms with E-state index in [0.717, 1.165) is 11.3 Å². The van der Waals surface area contributed by atoms with Gasteiger partial charge in [-0.2, -0.15) is 0 Å². The van der Waals surface area contributed by atoms with Gasteiger partial charge in [0.1, 0.15) is 0 Å². The lowest BCUT2D eigenvalue weighted by atomic mass is 10.2. The Morgan fingerprint density at radius 2 is 1.52 bits per heavy atom. The number of benzene rings is 3. The van der Waals surface area contributed by atoms with Crippen LogP contribution in [0.2, 0.25) is 5.02 Å². The van der Waals surface area contributed by atoms with E-state index in [0.29, 0.717) is 41.7 Å². The Morgan fingerprint density at radius 1 is 0.818 bits per heavy atom. The summed E-state index contributed by atoms with van der Waals surface area (Å²) < 4.78 is 2.88. The molecule has 0 fully saturated rings. The number of unbranched alkanes of at least 4 members (excludes halogenated alkanes) is 1. The molecule has 4 aromatic rings. The predicted octanol–water partition coefficient (Wildman–Crippen LogP) is 4.67. The highest BCUT2D eigenvalue weighted by molar-refractivity contribution is 6.30. The summed E-state index contributed by atoms with van der Waals surface area (Å²) >= 11 is 5.98. The fourth-order valence-corrected chi connectivity index (χ4v) is 3.92. The largest absolute Gasteiger partial charge is 0.331 e. The van der Waals surface area contributed by atoms with Crippen LogP contribution in [-0.4, -0.2) is 15.0 Å². The first-order valence-corrected chi connectivity index (χ1v) is 11.2. The molecule has 1 N–H and O–H groups in total. The van der Waals surface area contributed by atoms with Crippen molar-refractivity contribution in [2.75, 3.05) is 5.32 Å². The van der Waals surface area contributed by atoms with Crippen LogP contribution in [0.4, 0.5) is 5.69 Å². The molecule has 0 atom stereocenters. The third-order valence-electron chi connectivity index (χ3n) is 5.48. The average Bonchev–Trinajstić information content (AvgIpc) is 2.83. The van der Waals surface area contributed by atoms with Gasteiger partial charge in [0.05, 0.1) is 17.4 Å². The predicted molar refractivity (Wildman–Crippen MR) is 132 cm³/mol. The highest BCUT2D eigenvalue weighted by Crippen LogP contribution is 2.14. The summed E-state index contributed by atoms with van der Waals surface area (Å²) in [7, 11) is 0. The topological polar surface area (TPSA) is 73.1 Å². The van der Waals surface area contributed by atoms with Gasteiger partial charge in [-0.1, -0.05) is 54.1 Å². The Bertz CT molecular complexity index is 1380. The highest BCUT2D eigenvalue weighted by atomic mass is 35.5. The Kier molecular flexibility index (Phi) is 7.05. The normalized spacial score (nSPS) is 10.9. The molecule has 1 heterocycles. The van der Waals surface area contributed by atoms with E-state index in [9.17, 15) is 14.4 Å². The standard InChI is InChI=1S/C26H24ClN3O3/c27-20-15-13-19(14-16-20)18-30-23-11-5-4-10-22(23)25(32)29(26(30)33)17-7-6-12-24(31)28-21-8-2-1-3-9-21/h1-5,8-11,13-16H,6-7,12,17-18H2,(H,28,31). The van der Waals surface area contributed by atoms with Gasteiger partial charge in [0.2, 0.25) is 5.91 Å². The number of hydrogen-bond donors (Lipinski definition) is 1. The second-order valence-corrected chi connectivity index (χ2v) is 8.28. The SMILES string of the molecule is O=C(CCCCn1c(=O)c2ccccc2n(Cc2ccc(Cl)cc2)c1=O)Nc1ccccc1. The molecule has 0 saturated heterocycles. The molecule has 1 amide bonds. The van der Waals surface area contributed by atoms with E-state index >= 15 is 0 Å². The van der Waals surface area contributed by atoms with E-state index in [1.54, 1.807) is 34.9 Å². The maximum atomic E-state index is 13.3. The summed E-state index contributed by atoms with van der Waals surface area (Å²) in [5.41, 5.74) is 1.59. The molecular weight excluding hydrogens is 438 g/mol. The van der Waals surface area contributed by atoms with Crippen LogP contribution in [0.5, 0.6) is 0 Å². The van der Waals surface area contributed by atoms with Gasteiger partial charge in [-0.15, -0.1) is 0 Å². The first-order chi connectivity index (χ1) is 16.0. The van der Waals surface area contributed by atoms with Crippen LogP contribution in [0.25, 0.3) is 10.9 Å². The minimum Gasteiger partial charge on any atom is -0.326 e. The van der Waals surface area contributed by atoms with Gasteiger partial charge in [0.25, 0.3) is 5.56 Å². The van der Waals surface area contributed by atoms with Gasteiger partial charge in [-0.25, -0.2) is 4.79 Å². The van der Waals surface area contributed by atoms with Gasteiger partial charge in [-0.3, -0.25) is 18.7 Å². The Labute approximate surface area is 196 Å². The summed E-state index contributed by atoms with van der Waals surface area (Å²) in [6.07, 6.45) is 1.42. The van der Waals surface area contributed by atoms with Crippen molar-refractivity contribution in [2.45, 2.75) is 32.4 Å². The number of para-hydroxylation sites is 2. The molecule has 4 rings (SSSR count). The highest BCUT2D eigenvalue weighted by Gasteiger charge is 2.13. The zero-order chi connectivity index (χ0) is 23.2. The van der Waals surface area contributed by atoms with Crippen LogP contribution in [0.3, 0.4) is 0 Å². The summed E-state index contributed by atoms with van der Waals surface area (Å²) in [5, 5.41) is 3.96. The van der Waals surface area contributed by atoms with Crippen LogP contribution in [0, 0.1) is 0 Å². The number of carbonyl (C=O) groups excluding carboxylic acids is 1. The first-order valence-electron chi connectivity index (χ1n) is 10.8. The Balaban J connectivity index is 1.51. The lowest BCUT2D eigenvalue weighted by Gasteiger charge is -2.14. The van der Waals surface area contributed by atoms with E-state index in [1.165, 1.54) is 4.57 Å². The number of hydrogen-bond acceptors (Lipinski definition) is 3. The monoisotopic (exact) mass is 461 g/mol. The molecule has 0 bridgehead atoms. The smallest absolute Gasteiger partial charge is 0.326 e. The van der Waals surface area contributed by atoms with Crippen molar-refractivity contribution in [1.82, 2.24) is 9.13 Å². The second kappa shape index (κ2) is 10.3. The number of aromatic nitrogens is 2. The first kappa shape index (κ1) is 22.6. The molecule has 7 heteroatoms. The molecule has 1 aromatic heterocycles. The third kappa shape index (κ3) is 5.41. The van der Waals surface area contributed by atoms with Crippen molar-refractivity contribution in [3.63, 3.8) is 0 Å². The van der Waals surface area contributed by atoms with Crippen molar-refractivity contribution < 1.29 is 4.79 Å². The number of carbonyl (C=O) groups is 1. The fourth-order valence-electron chi connectivity index (χ4n) is 3.79. The average molecular weight is 462 g/mol. The number of nitrogens with zero attached hydrogens (tertiary/aromatic N) is 2. The summed E-state index contributed by atoms with van der Waals surface area (Å²) in [6, 6.07) is 23.7. The number of anilines is 1. The van der Waals surface area contributed by atoms with E-state index in [-0.39, 0.29) is 23.7 Å². The summed E-state index contributed by atoms with van der Waals surface area (Å²) in [6.45, 7) is 0.581. The van der Waals surface area contributed by atoms with Gasteiger partial charge >= 0.3 is 5.69 Å². The number of fused-ring (bicyclic) bond motifs is 1. The fraction of sp³-hybridized carbons (Fsp3) is 0.192. The Morgan fingerprint density at radius 3 is 2.27 bits per heavy atom. The number of nitrogens with one attached hydrogen (secondary N) is 1. The summed E-state index contributed by atoms with van der Waals surface area (Å²) in [5.74, 6) is -0.0905. The Hall–Kier alpha value is -3.64. The zero-order valence-corrected chi connectivity index (χ0v) is 18.8.